The summed E-state index contributed by atoms with van der Waals surface area (Å²) in [6.07, 6.45) is 0.624. The third kappa shape index (κ3) is 2.84. The van der Waals surface area contributed by atoms with Crippen LogP contribution in [0.25, 0.3) is 0 Å². The van der Waals surface area contributed by atoms with Crippen LogP contribution in [0, 0.1) is 0 Å². The van der Waals surface area contributed by atoms with E-state index in [2.05, 4.69) is 10.0 Å². The molecule has 4 rings (SSSR count). The minimum Gasteiger partial charge on any atom is -0.325 e. The minimum absolute atomic E-state index is 0.0589. The highest BCUT2D eigenvalue weighted by Gasteiger charge is 2.38. The molecule has 2 aromatic carbocycles. The highest BCUT2D eigenvalue weighted by Crippen LogP contribution is 2.39. The van der Waals surface area contributed by atoms with Gasteiger partial charge < -0.3 is 10.2 Å². The van der Waals surface area contributed by atoms with Gasteiger partial charge >= 0.3 is 0 Å². The molecule has 2 aliphatic heterocycles. The normalized spacial score (nSPS) is 17.1. The molecule has 8 heteroatoms. The number of anilines is 3. The van der Waals surface area contributed by atoms with Gasteiger partial charge in [0.15, 0.2) is 0 Å². The van der Waals surface area contributed by atoms with Gasteiger partial charge in [0.05, 0.1) is 10.3 Å². The third-order valence-electron chi connectivity index (χ3n) is 5.40. The van der Waals surface area contributed by atoms with Crippen LogP contribution >= 0.6 is 0 Å². The summed E-state index contributed by atoms with van der Waals surface area (Å²) in [5.74, 6) is -0.174. The average molecular weight is 399 g/mol. The Morgan fingerprint density at radius 1 is 1.18 bits per heavy atom. The quantitative estimate of drug-likeness (QED) is 0.829. The maximum absolute atomic E-state index is 12.9. The number of nitrogens with one attached hydrogen (secondary N) is 2. The van der Waals surface area contributed by atoms with Crippen molar-refractivity contribution in [1.82, 2.24) is 0 Å². The number of nitrogens with zero attached hydrogens (tertiary/aromatic N) is 1. The molecule has 7 nitrogen and oxygen atoms in total. The maximum atomic E-state index is 12.9. The van der Waals surface area contributed by atoms with Crippen LogP contribution in [0.1, 0.15) is 31.9 Å². The second-order valence-electron chi connectivity index (χ2n) is 7.66. The largest absolute Gasteiger partial charge is 0.325 e. The predicted molar refractivity (Wildman–Crippen MR) is 107 cm³/mol. The Morgan fingerprint density at radius 3 is 2.64 bits per heavy atom. The second kappa shape index (κ2) is 6.07. The van der Waals surface area contributed by atoms with Gasteiger partial charge in [0.25, 0.3) is 10.0 Å². The highest BCUT2D eigenvalue weighted by molar-refractivity contribution is 7.92. The average Bonchev–Trinajstić information content (AvgIpc) is 3.14. The van der Waals surface area contributed by atoms with Crippen molar-refractivity contribution in [3.05, 3.63) is 47.5 Å². The summed E-state index contributed by atoms with van der Waals surface area (Å²) in [6, 6.07) is 9.81. The van der Waals surface area contributed by atoms with Crippen molar-refractivity contribution >= 4 is 38.9 Å². The van der Waals surface area contributed by atoms with Gasteiger partial charge in [-0.15, -0.1) is 0 Å². The number of rotatable bonds is 3. The van der Waals surface area contributed by atoms with Crippen molar-refractivity contribution in [2.24, 2.45) is 0 Å². The highest BCUT2D eigenvalue weighted by atomic mass is 32.2. The summed E-state index contributed by atoms with van der Waals surface area (Å²) in [7, 11) is -3.80. The molecule has 2 aromatic rings. The first-order chi connectivity index (χ1) is 13.1. The van der Waals surface area contributed by atoms with E-state index >= 15 is 0 Å². The first kappa shape index (κ1) is 18.5. The molecule has 0 radical (unpaired) electrons. The summed E-state index contributed by atoms with van der Waals surface area (Å²) in [6.45, 7) is 5.65. The lowest BCUT2D eigenvalue weighted by Crippen LogP contribution is -2.27. The summed E-state index contributed by atoms with van der Waals surface area (Å²) in [5, 5.41) is 2.80. The summed E-state index contributed by atoms with van der Waals surface area (Å²) < 4.78 is 28.3. The molecule has 2 N–H and O–H groups in total. The van der Waals surface area contributed by atoms with Crippen LogP contribution in [-0.2, 0) is 31.4 Å². The summed E-state index contributed by atoms with van der Waals surface area (Å²) >= 11 is 0. The summed E-state index contributed by atoms with van der Waals surface area (Å²) in [4.78, 5) is 25.5. The van der Waals surface area contributed by atoms with Crippen molar-refractivity contribution in [1.29, 1.82) is 0 Å². The van der Waals surface area contributed by atoms with Crippen molar-refractivity contribution in [2.45, 2.75) is 37.5 Å². The van der Waals surface area contributed by atoms with Gasteiger partial charge in [-0.3, -0.25) is 14.3 Å². The zero-order valence-electron chi connectivity index (χ0n) is 15.9. The topological polar surface area (TPSA) is 95.6 Å². The van der Waals surface area contributed by atoms with Crippen LogP contribution in [0.15, 0.2) is 41.3 Å². The Bertz CT molecular complexity index is 1120. The Balaban J connectivity index is 1.64. The molecule has 0 unspecified atom stereocenters. The molecule has 2 aliphatic rings. The number of fused-ring (bicyclic) bond motifs is 2. The Morgan fingerprint density at radius 2 is 1.93 bits per heavy atom. The molecule has 0 bridgehead atoms. The van der Waals surface area contributed by atoms with Gasteiger partial charge in [-0.1, -0.05) is 0 Å². The van der Waals surface area contributed by atoms with E-state index in [0.717, 1.165) is 16.8 Å². The Labute approximate surface area is 163 Å². The van der Waals surface area contributed by atoms with Crippen molar-refractivity contribution < 1.29 is 18.0 Å². The number of benzene rings is 2. The number of hydrogen-bond acceptors (Lipinski definition) is 4. The molecule has 0 atom stereocenters. The number of carbonyl (C=O) groups excluding carboxylic acids is 2. The number of amides is 2. The third-order valence-corrected chi connectivity index (χ3v) is 6.78. The minimum atomic E-state index is -3.80. The zero-order valence-corrected chi connectivity index (χ0v) is 16.7. The monoisotopic (exact) mass is 399 g/mol. The molecule has 0 saturated carbocycles. The molecule has 146 valence electrons. The first-order valence-corrected chi connectivity index (χ1v) is 10.5. The molecule has 28 heavy (non-hydrogen) atoms. The smallest absolute Gasteiger partial charge is 0.261 e. The SMILES string of the molecule is CC(=O)N1CCc2cc(S(=O)(=O)Nc3ccc4c(c3)C(C)(C)C(=O)N4)ccc21. The predicted octanol–water partition coefficient (Wildman–Crippen LogP) is 2.63. The molecule has 2 heterocycles. The van der Waals surface area contributed by atoms with E-state index in [1.54, 1.807) is 49.1 Å². The molecule has 0 aromatic heterocycles. The van der Waals surface area contributed by atoms with Crippen LogP contribution < -0.4 is 14.9 Å². The molecule has 0 aliphatic carbocycles. The van der Waals surface area contributed by atoms with Crippen molar-refractivity contribution in [3.63, 3.8) is 0 Å². The lowest BCUT2D eigenvalue weighted by molar-refractivity contribution is -0.119. The van der Waals surface area contributed by atoms with E-state index in [-0.39, 0.29) is 16.7 Å². The standard InChI is InChI=1S/C20H21N3O4S/c1-12(24)23-9-8-13-10-15(5-7-18(13)23)28(26,27)22-14-4-6-17-16(11-14)20(2,3)19(25)21-17/h4-7,10-11,22H,8-9H2,1-3H3,(H,21,25). The number of hydrogen-bond donors (Lipinski definition) is 2. The van der Waals surface area contributed by atoms with Gasteiger partial charge in [0.2, 0.25) is 11.8 Å². The van der Waals surface area contributed by atoms with Crippen LogP contribution in [-0.4, -0.2) is 26.8 Å². The van der Waals surface area contributed by atoms with E-state index in [1.807, 2.05) is 0 Å². The fraction of sp³-hybridized carbons (Fsp3) is 0.300. The van der Waals surface area contributed by atoms with Gasteiger partial charge in [0.1, 0.15) is 0 Å². The first-order valence-electron chi connectivity index (χ1n) is 8.99. The molecular weight excluding hydrogens is 378 g/mol. The summed E-state index contributed by atoms with van der Waals surface area (Å²) in [5.41, 5.74) is 2.72. The molecule has 2 amide bonds. The Kier molecular flexibility index (Phi) is 4.01. The number of sulfonamides is 1. The molecule has 0 spiro atoms. The van der Waals surface area contributed by atoms with Gasteiger partial charge in [-0.05, 0) is 67.8 Å². The van der Waals surface area contributed by atoms with E-state index in [0.29, 0.717) is 24.3 Å². The van der Waals surface area contributed by atoms with Crippen molar-refractivity contribution in [3.8, 4) is 0 Å². The van der Waals surface area contributed by atoms with Crippen LogP contribution in [0.3, 0.4) is 0 Å². The zero-order chi connectivity index (χ0) is 20.3. The van der Waals surface area contributed by atoms with E-state index in [1.165, 1.54) is 13.0 Å². The molecule has 0 fully saturated rings. The lowest BCUT2D eigenvalue weighted by atomic mass is 9.86. The van der Waals surface area contributed by atoms with Gasteiger partial charge in [0, 0.05) is 30.5 Å². The van der Waals surface area contributed by atoms with E-state index in [4.69, 9.17) is 0 Å². The van der Waals surface area contributed by atoms with Crippen LogP contribution in [0.4, 0.5) is 17.1 Å². The maximum Gasteiger partial charge on any atom is 0.261 e. The van der Waals surface area contributed by atoms with Crippen molar-refractivity contribution in [2.75, 3.05) is 21.5 Å². The number of carbonyl (C=O) groups is 2. The fourth-order valence-corrected chi connectivity index (χ4v) is 4.82. The molecule has 0 saturated heterocycles. The fourth-order valence-electron chi connectivity index (χ4n) is 3.72. The van der Waals surface area contributed by atoms with E-state index in [9.17, 15) is 18.0 Å². The van der Waals surface area contributed by atoms with Crippen LogP contribution in [0.5, 0.6) is 0 Å². The second-order valence-corrected chi connectivity index (χ2v) is 9.34. The molecular formula is C20H21N3O4S. The van der Waals surface area contributed by atoms with Gasteiger partial charge in [-0.2, -0.15) is 0 Å². The van der Waals surface area contributed by atoms with Gasteiger partial charge in [-0.25, -0.2) is 8.42 Å². The Hall–Kier alpha value is -2.87. The van der Waals surface area contributed by atoms with Crippen LogP contribution in [0.2, 0.25) is 0 Å². The lowest BCUT2D eigenvalue weighted by Gasteiger charge is -2.17. The van der Waals surface area contributed by atoms with E-state index < -0.39 is 15.4 Å².